The lowest BCUT2D eigenvalue weighted by molar-refractivity contribution is 0.414. The summed E-state index contributed by atoms with van der Waals surface area (Å²) in [5.41, 5.74) is 3.25. The average Bonchev–Trinajstić information content (AvgIpc) is 3.20. The lowest BCUT2D eigenvalue weighted by Crippen LogP contribution is -2.37. The van der Waals surface area contributed by atoms with Crippen molar-refractivity contribution in [2.24, 2.45) is 4.99 Å². The van der Waals surface area contributed by atoms with Crippen molar-refractivity contribution in [3.05, 3.63) is 72.2 Å². The number of hydrogen-bond acceptors (Lipinski definition) is 3. The van der Waals surface area contributed by atoms with E-state index >= 15 is 0 Å². The van der Waals surface area contributed by atoms with Crippen LogP contribution in [-0.2, 0) is 13.1 Å². The van der Waals surface area contributed by atoms with Gasteiger partial charge in [0.25, 0.3) is 0 Å². The van der Waals surface area contributed by atoms with Crippen LogP contribution in [0.2, 0.25) is 0 Å². The van der Waals surface area contributed by atoms with Crippen LogP contribution in [-0.4, -0.2) is 29.6 Å². The fourth-order valence-corrected chi connectivity index (χ4v) is 2.63. The molecule has 0 radical (unpaired) electrons. The Labute approximate surface area is 159 Å². The summed E-state index contributed by atoms with van der Waals surface area (Å²) < 4.78 is 5.18. The Hall–Kier alpha value is -3.28. The molecule has 1 heterocycles. The van der Waals surface area contributed by atoms with Gasteiger partial charge in [-0.25, -0.2) is 9.98 Å². The van der Waals surface area contributed by atoms with Gasteiger partial charge in [-0.3, -0.25) is 0 Å². The van der Waals surface area contributed by atoms with Gasteiger partial charge in [0, 0.05) is 6.54 Å². The quantitative estimate of drug-likeness (QED) is 0.445. The predicted molar refractivity (Wildman–Crippen MR) is 109 cm³/mol. The molecule has 140 valence electrons. The number of ether oxygens (including phenoxy) is 1. The lowest BCUT2D eigenvalue weighted by atomic mass is 10.2. The highest BCUT2D eigenvalue weighted by Gasteiger charge is 2.04. The molecular weight excluding hydrogens is 338 g/mol. The molecule has 3 aromatic rings. The molecule has 2 aromatic carbocycles. The number of guanidine groups is 1. The maximum absolute atomic E-state index is 5.18. The molecule has 0 atom stereocenters. The van der Waals surface area contributed by atoms with E-state index in [0.717, 1.165) is 40.9 Å². The minimum absolute atomic E-state index is 0.571. The van der Waals surface area contributed by atoms with Gasteiger partial charge in [0.15, 0.2) is 5.96 Å². The monoisotopic (exact) mass is 363 g/mol. The first kappa shape index (κ1) is 18.5. The number of H-pyrrole nitrogens is 1. The summed E-state index contributed by atoms with van der Waals surface area (Å²) in [6.07, 6.45) is 1.85. The first-order chi connectivity index (χ1) is 13.3. The number of hydrogen-bond donors (Lipinski definition) is 3. The normalized spacial score (nSPS) is 11.3. The highest BCUT2D eigenvalue weighted by Crippen LogP contribution is 2.16. The summed E-state index contributed by atoms with van der Waals surface area (Å²) in [6, 6.07) is 18.1. The topological polar surface area (TPSA) is 74.3 Å². The number of nitrogens with one attached hydrogen (secondary N) is 3. The van der Waals surface area contributed by atoms with E-state index in [2.05, 4.69) is 37.7 Å². The molecule has 3 N–H and O–H groups in total. The molecule has 0 aliphatic heterocycles. The Bertz CT molecular complexity index is 856. The van der Waals surface area contributed by atoms with Crippen molar-refractivity contribution in [2.45, 2.75) is 20.0 Å². The summed E-state index contributed by atoms with van der Waals surface area (Å²) in [5.74, 6) is 2.47. The van der Waals surface area contributed by atoms with Gasteiger partial charge in [-0.15, -0.1) is 0 Å². The average molecular weight is 363 g/mol. The number of aromatic nitrogens is 2. The summed E-state index contributed by atoms with van der Waals surface area (Å²) >= 11 is 0. The van der Waals surface area contributed by atoms with Crippen molar-refractivity contribution in [2.75, 3.05) is 13.7 Å². The van der Waals surface area contributed by atoms with Crippen molar-refractivity contribution < 1.29 is 4.74 Å². The van der Waals surface area contributed by atoms with E-state index in [9.17, 15) is 0 Å². The Balaban J connectivity index is 1.60. The lowest BCUT2D eigenvalue weighted by Gasteiger charge is -2.10. The maximum atomic E-state index is 5.18. The number of rotatable bonds is 7. The summed E-state index contributed by atoms with van der Waals surface area (Å²) in [5, 5.41) is 6.57. The predicted octanol–water partition coefficient (Wildman–Crippen LogP) is 3.34. The molecule has 0 unspecified atom stereocenters. The van der Waals surface area contributed by atoms with Crippen molar-refractivity contribution in [1.29, 1.82) is 0 Å². The van der Waals surface area contributed by atoms with Gasteiger partial charge >= 0.3 is 0 Å². The number of benzene rings is 2. The first-order valence-corrected chi connectivity index (χ1v) is 9.03. The van der Waals surface area contributed by atoms with Crippen LogP contribution in [0.25, 0.3) is 11.3 Å². The third-order valence-corrected chi connectivity index (χ3v) is 4.06. The molecule has 0 saturated carbocycles. The molecule has 0 bridgehead atoms. The number of aliphatic imine (C=N–C) groups is 1. The van der Waals surface area contributed by atoms with Gasteiger partial charge in [-0.2, -0.15) is 0 Å². The van der Waals surface area contributed by atoms with Gasteiger partial charge in [0.05, 0.1) is 32.1 Å². The van der Waals surface area contributed by atoms with Crippen LogP contribution < -0.4 is 15.4 Å². The number of nitrogens with zero attached hydrogens (tertiary/aromatic N) is 2. The zero-order valence-electron chi connectivity index (χ0n) is 15.7. The van der Waals surface area contributed by atoms with Crippen LogP contribution >= 0.6 is 0 Å². The maximum Gasteiger partial charge on any atom is 0.191 e. The molecule has 1 aromatic heterocycles. The van der Waals surface area contributed by atoms with E-state index in [1.165, 1.54) is 0 Å². The highest BCUT2D eigenvalue weighted by atomic mass is 16.5. The summed E-state index contributed by atoms with van der Waals surface area (Å²) in [7, 11) is 1.66. The smallest absolute Gasteiger partial charge is 0.191 e. The minimum Gasteiger partial charge on any atom is -0.497 e. The molecule has 0 spiro atoms. The Morgan fingerprint density at radius 3 is 2.56 bits per heavy atom. The molecule has 3 rings (SSSR count). The zero-order chi connectivity index (χ0) is 18.9. The van der Waals surface area contributed by atoms with E-state index in [1.807, 2.05) is 55.6 Å². The van der Waals surface area contributed by atoms with Crippen molar-refractivity contribution >= 4 is 5.96 Å². The van der Waals surface area contributed by atoms with Crippen LogP contribution in [0.1, 0.15) is 18.3 Å². The van der Waals surface area contributed by atoms with E-state index < -0.39 is 0 Å². The zero-order valence-corrected chi connectivity index (χ0v) is 15.7. The van der Waals surface area contributed by atoms with E-state index in [1.54, 1.807) is 7.11 Å². The third-order valence-electron chi connectivity index (χ3n) is 4.06. The number of aromatic amines is 1. The third kappa shape index (κ3) is 5.34. The van der Waals surface area contributed by atoms with Crippen LogP contribution in [0.4, 0.5) is 0 Å². The number of imidazole rings is 1. The largest absolute Gasteiger partial charge is 0.497 e. The molecule has 6 nitrogen and oxygen atoms in total. The Morgan fingerprint density at radius 2 is 1.85 bits per heavy atom. The molecule has 0 aliphatic carbocycles. The van der Waals surface area contributed by atoms with E-state index in [-0.39, 0.29) is 0 Å². The minimum atomic E-state index is 0.571. The summed E-state index contributed by atoms with van der Waals surface area (Å²) in [4.78, 5) is 12.4. The second-order valence-corrected chi connectivity index (χ2v) is 6.01. The van der Waals surface area contributed by atoms with E-state index in [0.29, 0.717) is 13.1 Å². The van der Waals surface area contributed by atoms with Crippen LogP contribution in [0.5, 0.6) is 5.75 Å². The molecule has 0 saturated heterocycles. The first-order valence-electron chi connectivity index (χ1n) is 9.03. The molecule has 0 aliphatic rings. The van der Waals surface area contributed by atoms with Crippen LogP contribution in [0.3, 0.4) is 0 Å². The van der Waals surface area contributed by atoms with Crippen molar-refractivity contribution in [3.8, 4) is 17.0 Å². The highest BCUT2D eigenvalue weighted by molar-refractivity contribution is 5.79. The molecule has 0 amide bonds. The van der Waals surface area contributed by atoms with Gasteiger partial charge < -0.3 is 20.4 Å². The van der Waals surface area contributed by atoms with Gasteiger partial charge in [0.1, 0.15) is 11.6 Å². The Morgan fingerprint density at radius 1 is 1.07 bits per heavy atom. The second kappa shape index (κ2) is 9.43. The van der Waals surface area contributed by atoms with Crippen LogP contribution in [0.15, 0.2) is 65.8 Å². The van der Waals surface area contributed by atoms with Crippen molar-refractivity contribution in [3.63, 3.8) is 0 Å². The standard InChI is InChI=1S/C21H25N5O/c1-3-22-21(24-13-16-9-11-18(27-2)12-10-16)25-15-20-23-14-19(26-20)17-7-5-4-6-8-17/h4-12,14H,3,13,15H2,1-2H3,(H,23,26)(H2,22,24,25). The molecule has 27 heavy (non-hydrogen) atoms. The van der Waals surface area contributed by atoms with Crippen LogP contribution in [0, 0.1) is 0 Å². The molecular formula is C21H25N5O. The fourth-order valence-electron chi connectivity index (χ4n) is 2.63. The van der Waals surface area contributed by atoms with E-state index in [4.69, 9.17) is 4.74 Å². The van der Waals surface area contributed by atoms with Gasteiger partial charge in [-0.1, -0.05) is 42.5 Å². The molecule has 0 fully saturated rings. The second-order valence-electron chi connectivity index (χ2n) is 6.01. The fraction of sp³-hybridized carbons (Fsp3) is 0.238. The summed E-state index contributed by atoms with van der Waals surface area (Å²) in [6.45, 7) is 4.00. The molecule has 6 heteroatoms. The van der Waals surface area contributed by atoms with Crippen molar-refractivity contribution in [1.82, 2.24) is 20.6 Å². The number of methoxy groups -OCH3 is 1. The Kier molecular flexibility index (Phi) is 6.46. The van der Waals surface area contributed by atoms with Gasteiger partial charge in [0.2, 0.25) is 0 Å². The van der Waals surface area contributed by atoms with Gasteiger partial charge in [-0.05, 0) is 30.2 Å². The SMILES string of the molecule is CCNC(=NCc1ccc(OC)cc1)NCc1ncc(-c2ccccc2)[nH]1.